The Morgan fingerprint density at radius 2 is 2.00 bits per heavy atom. The normalized spacial score (nSPS) is 19.7. The van der Waals surface area contributed by atoms with E-state index in [-0.39, 0.29) is 29.9 Å². The quantitative estimate of drug-likeness (QED) is 0.227. The summed E-state index contributed by atoms with van der Waals surface area (Å²) < 4.78 is 5.36. The summed E-state index contributed by atoms with van der Waals surface area (Å²) in [4.78, 5) is 21.9. The molecule has 2 aliphatic heterocycles. The van der Waals surface area contributed by atoms with Crippen molar-refractivity contribution in [2.24, 2.45) is 4.99 Å². The molecule has 1 aromatic carbocycles. The number of aliphatic imine (C=N–C) groups is 1. The number of rotatable bonds is 10. The lowest BCUT2D eigenvalue weighted by molar-refractivity contribution is -0.116. The SMILES string of the molecule is CCNC(=NCc1cccc(NC(=O)CCN2CCOCC2)c1)NCC1CCCN1CC.I. The van der Waals surface area contributed by atoms with E-state index in [1.54, 1.807) is 0 Å². The average Bonchev–Trinajstić information content (AvgIpc) is 3.28. The summed E-state index contributed by atoms with van der Waals surface area (Å²) in [6, 6.07) is 8.55. The summed E-state index contributed by atoms with van der Waals surface area (Å²) in [5.74, 6) is 0.889. The molecule has 3 rings (SSSR count). The minimum atomic E-state index is 0. The molecule has 0 aliphatic carbocycles. The fourth-order valence-corrected chi connectivity index (χ4v) is 4.32. The number of nitrogens with one attached hydrogen (secondary N) is 3. The number of halogens is 1. The molecule has 0 radical (unpaired) electrons. The van der Waals surface area contributed by atoms with Gasteiger partial charge in [0.15, 0.2) is 5.96 Å². The van der Waals surface area contributed by atoms with E-state index in [1.165, 1.54) is 19.4 Å². The van der Waals surface area contributed by atoms with Gasteiger partial charge in [-0.3, -0.25) is 14.6 Å². The third-order valence-electron chi connectivity index (χ3n) is 6.14. The summed E-state index contributed by atoms with van der Waals surface area (Å²) >= 11 is 0. The zero-order valence-corrected chi connectivity index (χ0v) is 22.5. The molecule has 186 valence electrons. The third kappa shape index (κ3) is 9.76. The minimum absolute atomic E-state index is 0. The van der Waals surface area contributed by atoms with Crippen LogP contribution in [-0.2, 0) is 16.1 Å². The maximum absolute atomic E-state index is 12.4. The lowest BCUT2D eigenvalue weighted by Crippen LogP contribution is -2.44. The van der Waals surface area contributed by atoms with E-state index in [9.17, 15) is 4.79 Å². The summed E-state index contributed by atoms with van der Waals surface area (Å²) in [6.45, 7) is 13.0. The number of benzene rings is 1. The van der Waals surface area contributed by atoms with E-state index in [1.807, 2.05) is 24.3 Å². The molecule has 2 saturated heterocycles. The summed E-state index contributed by atoms with van der Waals surface area (Å²) in [6.07, 6.45) is 3.01. The third-order valence-corrected chi connectivity index (χ3v) is 6.14. The maximum Gasteiger partial charge on any atom is 0.225 e. The highest BCUT2D eigenvalue weighted by molar-refractivity contribution is 14.0. The van der Waals surface area contributed by atoms with Crippen LogP contribution in [0, 0.1) is 0 Å². The molecule has 33 heavy (non-hydrogen) atoms. The first-order chi connectivity index (χ1) is 15.7. The van der Waals surface area contributed by atoms with Crippen LogP contribution < -0.4 is 16.0 Å². The van der Waals surface area contributed by atoms with Gasteiger partial charge in [-0.05, 0) is 50.6 Å². The fraction of sp³-hybridized carbons (Fsp3) is 0.667. The second-order valence-corrected chi connectivity index (χ2v) is 8.45. The van der Waals surface area contributed by atoms with Gasteiger partial charge in [0.1, 0.15) is 0 Å². The fourth-order valence-electron chi connectivity index (χ4n) is 4.32. The van der Waals surface area contributed by atoms with Crippen LogP contribution in [0.3, 0.4) is 0 Å². The summed E-state index contributed by atoms with van der Waals surface area (Å²) in [5.41, 5.74) is 1.90. The van der Waals surface area contributed by atoms with Crippen molar-refractivity contribution in [3.05, 3.63) is 29.8 Å². The Morgan fingerprint density at radius 1 is 1.18 bits per heavy atom. The highest BCUT2D eigenvalue weighted by atomic mass is 127. The van der Waals surface area contributed by atoms with Gasteiger partial charge in [-0.25, -0.2) is 4.99 Å². The van der Waals surface area contributed by atoms with Crippen LogP contribution in [0.15, 0.2) is 29.3 Å². The number of nitrogens with zero attached hydrogens (tertiary/aromatic N) is 3. The number of anilines is 1. The molecule has 1 amide bonds. The average molecular weight is 573 g/mol. The Hall–Kier alpha value is -1.43. The standard InChI is InChI=1S/C24H40N6O2.HI/c1-3-25-24(27-19-22-9-6-11-30(22)4-2)26-18-20-7-5-8-21(17-20)28-23(31)10-12-29-13-15-32-16-14-29;/h5,7-8,17,22H,3-4,6,9-16,18-19H2,1-2H3,(H,28,31)(H2,25,26,27);1H. The van der Waals surface area contributed by atoms with Gasteiger partial charge >= 0.3 is 0 Å². The molecule has 1 unspecified atom stereocenters. The summed E-state index contributed by atoms with van der Waals surface area (Å²) in [5, 5.41) is 9.87. The van der Waals surface area contributed by atoms with Crippen molar-refractivity contribution in [3.63, 3.8) is 0 Å². The number of morpholine rings is 1. The van der Waals surface area contributed by atoms with Crippen LogP contribution in [0.4, 0.5) is 5.69 Å². The number of carbonyl (C=O) groups is 1. The molecule has 0 spiro atoms. The number of guanidine groups is 1. The smallest absolute Gasteiger partial charge is 0.225 e. The monoisotopic (exact) mass is 572 g/mol. The lowest BCUT2D eigenvalue weighted by Gasteiger charge is -2.26. The number of hydrogen-bond acceptors (Lipinski definition) is 5. The number of likely N-dealkylation sites (N-methyl/N-ethyl adjacent to an activating group) is 1. The van der Waals surface area contributed by atoms with Crippen LogP contribution in [0.1, 0.15) is 38.7 Å². The molecule has 1 aromatic rings. The van der Waals surface area contributed by atoms with Crippen LogP contribution in [0.2, 0.25) is 0 Å². The molecule has 0 saturated carbocycles. The predicted octanol–water partition coefficient (Wildman–Crippen LogP) is 2.50. The molecule has 1 atom stereocenters. The van der Waals surface area contributed by atoms with E-state index < -0.39 is 0 Å². The van der Waals surface area contributed by atoms with Crippen LogP contribution in [0.5, 0.6) is 0 Å². The Balaban J connectivity index is 0.00000385. The second-order valence-electron chi connectivity index (χ2n) is 8.45. The largest absolute Gasteiger partial charge is 0.379 e. The molecule has 3 N–H and O–H groups in total. The number of ether oxygens (including phenoxy) is 1. The topological polar surface area (TPSA) is 81.2 Å². The van der Waals surface area contributed by atoms with Gasteiger partial charge < -0.3 is 20.7 Å². The highest BCUT2D eigenvalue weighted by Gasteiger charge is 2.22. The first-order valence-electron chi connectivity index (χ1n) is 12.1. The Morgan fingerprint density at radius 3 is 2.76 bits per heavy atom. The molecule has 2 fully saturated rings. The Bertz CT molecular complexity index is 741. The van der Waals surface area contributed by atoms with Gasteiger partial charge in [-0.1, -0.05) is 19.1 Å². The molecule has 0 bridgehead atoms. The molecule has 0 aromatic heterocycles. The van der Waals surface area contributed by atoms with E-state index in [0.29, 0.717) is 19.0 Å². The predicted molar refractivity (Wildman–Crippen MR) is 145 cm³/mol. The van der Waals surface area contributed by atoms with Gasteiger partial charge in [0.2, 0.25) is 5.91 Å². The van der Waals surface area contributed by atoms with Crippen LogP contribution in [0.25, 0.3) is 0 Å². The first-order valence-corrected chi connectivity index (χ1v) is 12.1. The molecule has 8 nitrogen and oxygen atoms in total. The molecular formula is C24H41IN6O2. The number of amides is 1. The van der Waals surface area contributed by atoms with Crippen molar-refractivity contribution >= 4 is 41.5 Å². The Kier molecular flexibility index (Phi) is 13.0. The highest BCUT2D eigenvalue weighted by Crippen LogP contribution is 2.16. The van der Waals surface area contributed by atoms with Crippen molar-refractivity contribution in [3.8, 4) is 0 Å². The van der Waals surface area contributed by atoms with Crippen molar-refractivity contribution < 1.29 is 9.53 Å². The van der Waals surface area contributed by atoms with E-state index in [2.05, 4.69) is 39.6 Å². The van der Waals surface area contributed by atoms with Gasteiger partial charge in [-0.2, -0.15) is 0 Å². The van der Waals surface area contributed by atoms with Crippen LogP contribution in [-0.4, -0.2) is 86.7 Å². The van der Waals surface area contributed by atoms with Crippen molar-refractivity contribution in [2.75, 3.05) is 64.3 Å². The van der Waals surface area contributed by atoms with Crippen molar-refractivity contribution in [2.45, 2.75) is 45.7 Å². The van der Waals surface area contributed by atoms with Gasteiger partial charge in [0.25, 0.3) is 0 Å². The van der Waals surface area contributed by atoms with Crippen molar-refractivity contribution in [1.82, 2.24) is 20.4 Å². The van der Waals surface area contributed by atoms with Gasteiger partial charge in [0, 0.05) is 50.9 Å². The van der Waals surface area contributed by atoms with E-state index >= 15 is 0 Å². The number of carbonyl (C=O) groups excluding carboxylic acids is 1. The molecule has 2 heterocycles. The Labute approximate surface area is 215 Å². The van der Waals surface area contributed by atoms with Crippen molar-refractivity contribution in [1.29, 1.82) is 0 Å². The molecule has 2 aliphatic rings. The molecule has 9 heteroatoms. The van der Waals surface area contributed by atoms with Gasteiger partial charge in [-0.15, -0.1) is 24.0 Å². The summed E-state index contributed by atoms with van der Waals surface area (Å²) in [7, 11) is 0. The zero-order valence-electron chi connectivity index (χ0n) is 20.1. The zero-order chi connectivity index (χ0) is 22.6. The number of hydrogen-bond donors (Lipinski definition) is 3. The lowest BCUT2D eigenvalue weighted by atomic mass is 10.2. The first kappa shape index (κ1) is 27.8. The van der Waals surface area contributed by atoms with E-state index in [0.717, 1.165) is 69.7 Å². The second kappa shape index (κ2) is 15.5. The van der Waals surface area contributed by atoms with E-state index in [4.69, 9.17) is 9.73 Å². The minimum Gasteiger partial charge on any atom is -0.379 e. The molecular weight excluding hydrogens is 531 g/mol. The van der Waals surface area contributed by atoms with Gasteiger partial charge in [0.05, 0.1) is 19.8 Å². The van der Waals surface area contributed by atoms with Crippen LogP contribution >= 0.6 is 24.0 Å². The number of likely N-dealkylation sites (tertiary alicyclic amines) is 1. The maximum atomic E-state index is 12.4.